The maximum atomic E-state index is 5.98. The van der Waals surface area contributed by atoms with Crippen molar-refractivity contribution in [2.24, 2.45) is 0 Å². The minimum Gasteiger partial charge on any atom is -0.481 e. The number of benzene rings is 2. The van der Waals surface area contributed by atoms with Crippen LogP contribution in [0.4, 0.5) is 0 Å². The molecule has 0 spiro atoms. The zero-order valence-electron chi connectivity index (χ0n) is 14.4. The highest BCUT2D eigenvalue weighted by Crippen LogP contribution is 2.24. The van der Waals surface area contributed by atoms with Gasteiger partial charge in [0.2, 0.25) is 0 Å². The topological polar surface area (TPSA) is 28.9 Å². The van der Waals surface area contributed by atoms with Crippen LogP contribution in [0, 0.1) is 0 Å². The van der Waals surface area contributed by atoms with Crippen LogP contribution in [-0.4, -0.2) is 4.98 Å². The van der Waals surface area contributed by atoms with Gasteiger partial charge in [-0.15, -0.1) is 0 Å². The molecule has 0 radical (unpaired) electrons. The minimum atomic E-state index is 0.168. The summed E-state index contributed by atoms with van der Waals surface area (Å²) in [5.41, 5.74) is 3.85. The quantitative estimate of drug-likeness (QED) is 0.713. The summed E-state index contributed by atoms with van der Waals surface area (Å²) in [6, 6.07) is 16.8. The maximum absolute atomic E-state index is 5.98. The van der Waals surface area contributed by atoms with E-state index in [1.807, 2.05) is 0 Å². The number of aryl methyl sites for hydroxylation is 1. The Bertz CT molecular complexity index is 795. The molecule has 0 bridgehead atoms. The van der Waals surface area contributed by atoms with Gasteiger partial charge in [-0.05, 0) is 42.2 Å². The predicted octanol–water partition coefficient (Wildman–Crippen LogP) is 4.35. The molecule has 0 aliphatic heterocycles. The van der Waals surface area contributed by atoms with E-state index in [0.717, 1.165) is 23.6 Å². The Balaban J connectivity index is 1.78. The van der Waals surface area contributed by atoms with E-state index in [2.05, 4.69) is 85.8 Å². The Morgan fingerprint density at radius 2 is 1.70 bits per heavy atom. The van der Waals surface area contributed by atoms with Gasteiger partial charge in [-0.1, -0.05) is 45.0 Å². The fourth-order valence-electron chi connectivity index (χ4n) is 2.86. The molecule has 3 nitrogen and oxygen atoms in total. The van der Waals surface area contributed by atoms with Crippen LogP contribution in [-0.2, 0) is 18.6 Å². The standard InChI is InChI=1S/C20H24N2O/c1-5-22-18-9-7-6-8-17(18)21-19(22)14-23-16-12-10-15(11-13-16)20(2,3)4/h6-13H,5,14H2,1-4H3/p+1. The monoisotopic (exact) mass is 309 g/mol. The van der Waals surface area contributed by atoms with Crippen molar-refractivity contribution < 1.29 is 9.30 Å². The molecule has 0 saturated carbocycles. The number of rotatable bonds is 4. The van der Waals surface area contributed by atoms with E-state index in [1.54, 1.807) is 0 Å². The molecule has 0 unspecified atom stereocenters. The summed E-state index contributed by atoms with van der Waals surface area (Å²) in [5.74, 6) is 1.99. The summed E-state index contributed by atoms with van der Waals surface area (Å²) in [7, 11) is 0. The van der Waals surface area contributed by atoms with E-state index in [4.69, 9.17) is 4.74 Å². The Morgan fingerprint density at radius 3 is 2.35 bits per heavy atom. The van der Waals surface area contributed by atoms with Crippen molar-refractivity contribution in [3.63, 3.8) is 0 Å². The third-order valence-corrected chi connectivity index (χ3v) is 4.21. The average Bonchev–Trinajstić information content (AvgIpc) is 2.90. The normalized spacial score (nSPS) is 11.8. The molecule has 0 saturated heterocycles. The van der Waals surface area contributed by atoms with Crippen molar-refractivity contribution in [2.45, 2.75) is 46.3 Å². The molecule has 3 rings (SSSR count). The SMILES string of the molecule is CC[n+]1c(COc2ccc(C(C)(C)C)cc2)[nH]c2ccccc21. The van der Waals surface area contributed by atoms with Crippen molar-refractivity contribution in [3.05, 3.63) is 59.9 Å². The Morgan fingerprint density at radius 1 is 1.00 bits per heavy atom. The van der Waals surface area contributed by atoms with Crippen LogP contribution in [0.3, 0.4) is 0 Å². The van der Waals surface area contributed by atoms with Gasteiger partial charge in [0, 0.05) is 0 Å². The highest BCUT2D eigenvalue weighted by molar-refractivity contribution is 5.70. The molecule has 0 atom stereocenters. The number of hydrogen-bond donors (Lipinski definition) is 1. The number of hydrogen-bond acceptors (Lipinski definition) is 1. The molecule has 0 amide bonds. The zero-order valence-corrected chi connectivity index (χ0v) is 14.4. The summed E-state index contributed by atoms with van der Waals surface area (Å²) >= 11 is 0. The Kier molecular flexibility index (Phi) is 4.12. The lowest BCUT2D eigenvalue weighted by molar-refractivity contribution is -0.676. The van der Waals surface area contributed by atoms with Crippen LogP contribution in [0.1, 0.15) is 39.1 Å². The highest BCUT2D eigenvalue weighted by atomic mass is 16.5. The largest absolute Gasteiger partial charge is 0.481 e. The fraction of sp³-hybridized carbons (Fsp3) is 0.350. The molecular weight excluding hydrogens is 284 g/mol. The van der Waals surface area contributed by atoms with Gasteiger partial charge < -0.3 is 4.74 Å². The van der Waals surface area contributed by atoms with Crippen LogP contribution in [0.2, 0.25) is 0 Å². The molecule has 2 aromatic carbocycles. The lowest BCUT2D eigenvalue weighted by Crippen LogP contribution is -2.36. The summed E-state index contributed by atoms with van der Waals surface area (Å²) in [6.45, 7) is 10.3. The van der Waals surface area contributed by atoms with E-state index in [-0.39, 0.29) is 5.41 Å². The van der Waals surface area contributed by atoms with Crippen molar-refractivity contribution in [2.75, 3.05) is 0 Å². The number of para-hydroxylation sites is 2. The van der Waals surface area contributed by atoms with Gasteiger partial charge >= 0.3 is 0 Å². The van der Waals surface area contributed by atoms with E-state index in [1.165, 1.54) is 11.1 Å². The number of ether oxygens (including phenoxy) is 1. The summed E-state index contributed by atoms with van der Waals surface area (Å²) in [5, 5.41) is 0. The van der Waals surface area contributed by atoms with Crippen molar-refractivity contribution in [1.29, 1.82) is 0 Å². The number of nitrogens with zero attached hydrogens (tertiary/aromatic N) is 1. The highest BCUT2D eigenvalue weighted by Gasteiger charge is 2.17. The van der Waals surface area contributed by atoms with Crippen molar-refractivity contribution in [3.8, 4) is 5.75 Å². The minimum absolute atomic E-state index is 0.168. The fourth-order valence-corrected chi connectivity index (χ4v) is 2.86. The summed E-state index contributed by atoms with van der Waals surface area (Å²) in [4.78, 5) is 3.46. The first-order valence-corrected chi connectivity index (χ1v) is 8.22. The molecule has 3 aromatic rings. The average molecular weight is 309 g/mol. The lowest BCUT2D eigenvalue weighted by atomic mass is 9.87. The Labute approximate surface area is 137 Å². The van der Waals surface area contributed by atoms with Gasteiger partial charge in [0.25, 0.3) is 5.82 Å². The van der Waals surface area contributed by atoms with E-state index in [0.29, 0.717) is 6.61 Å². The van der Waals surface area contributed by atoms with Gasteiger partial charge in [0.1, 0.15) is 5.75 Å². The number of imidazole rings is 1. The third-order valence-electron chi connectivity index (χ3n) is 4.21. The smallest absolute Gasteiger partial charge is 0.293 e. The Hall–Kier alpha value is -2.29. The van der Waals surface area contributed by atoms with Crippen LogP contribution >= 0.6 is 0 Å². The van der Waals surface area contributed by atoms with Crippen LogP contribution in [0.5, 0.6) is 5.75 Å². The zero-order chi connectivity index (χ0) is 16.4. The van der Waals surface area contributed by atoms with Crippen LogP contribution in [0.25, 0.3) is 11.0 Å². The number of aromatic nitrogens is 2. The third kappa shape index (κ3) is 3.24. The van der Waals surface area contributed by atoms with E-state index in [9.17, 15) is 0 Å². The predicted molar refractivity (Wildman–Crippen MR) is 93.6 cm³/mol. The van der Waals surface area contributed by atoms with Crippen molar-refractivity contribution in [1.82, 2.24) is 4.98 Å². The summed E-state index contributed by atoms with van der Waals surface area (Å²) < 4.78 is 8.24. The van der Waals surface area contributed by atoms with Gasteiger partial charge in [0.15, 0.2) is 17.6 Å². The molecule has 0 aliphatic rings. The van der Waals surface area contributed by atoms with Crippen molar-refractivity contribution >= 4 is 11.0 Å². The molecule has 1 N–H and O–H groups in total. The molecule has 1 heterocycles. The number of nitrogens with one attached hydrogen (secondary N) is 1. The molecule has 120 valence electrons. The van der Waals surface area contributed by atoms with E-state index < -0.39 is 0 Å². The number of aromatic amines is 1. The second-order valence-electron chi connectivity index (χ2n) is 6.90. The molecule has 1 aromatic heterocycles. The molecule has 3 heteroatoms. The first kappa shape index (κ1) is 15.6. The summed E-state index contributed by atoms with van der Waals surface area (Å²) in [6.07, 6.45) is 0. The lowest BCUT2D eigenvalue weighted by Gasteiger charge is -2.19. The van der Waals surface area contributed by atoms with Crippen LogP contribution in [0.15, 0.2) is 48.5 Å². The van der Waals surface area contributed by atoms with Gasteiger partial charge in [-0.25, -0.2) is 9.55 Å². The van der Waals surface area contributed by atoms with Gasteiger partial charge in [0.05, 0.1) is 6.54 Å². The van der Waals surface area contributed by atoms with Crippen LogP contribution < -0.4 is 9.30 Å². The maximum Gasteiger partial charge on any atom is 0.293 e. The van der Waals surface area contributed by atoms with Gasteiger partial charge in [-0.2, -0.15) is 0 Å². The number of H-pyrrole nitrogens is 1. The second-order valence-corrected chi connectivity index (χ2v) is 6.90. The molecular formula is C20H25N2O+. The van der Waals surface area contributed by atoms with Gasteiger partial charge in [-0.3, -0.25) is 0 Å². The first-order valence-electron chi connectivity index (χ1n) is 8.22. The molecule has 23 heavy (non-hydrogen) atoms. The second kappa shape index (κ2) is 6.07. The van der Waals surface area contributed by atoms with E-state index >= 15 is 0 Å². The first-order chi connectivity index (χ1) is 11.0. The molecule has 0 fully saturated rings. The molecule has 0 aliphatic carbocycles. The number of fused-ring (bicyclic) bond motifs is 1.